The number of rotatable bonds is 5. The zero-order valence-corrected chi connectivity index (χ0v) is 11.8. The molecule has 0 spiro atoms. The van der Waals surface area contributed by atoms with Crippen LogP contribution in [0.1, 0.15) is 18.1 Å². The van der Waals surface area contributed by atoms with Crippen LogP contribution in [0.2, 0.25) is 0 Å². The molecule has 1 amide bonds. The third-order valence-electron chi connectivity index (χ3n) is 3.06. The molecule has 3 nitrogen and oxygen atoms in total. The van der Waals surface area contributed by atoms with Crippen LogP contribution in [0.25, 0.3) is 0 Å². The van der Waals surface area contributed by atoms with Crippen LogP contribution in [0.3, 0.4) is 0 Å². The summed E-state index contributed by atoms with van der Waals surface area (Å²) in [7, 11) is 1.71. The normalized spacial score (nSPS) is 13.3. The molecule has 112 valence electrons. The Morgan fingerprint density at radius 3 is 2.35 bits per heavy atom. The maximum absolute atomic E-state index is 12.0. The molecular weight excluding hydrogens is 269 g/mol. The fourth-order valence-electron chi connectivity index (χ4n) is 1.65. The zero-order valence-electron chi connectivity index (χ0n) is 11.8. The van der Waals surface area contributed by atoms with Crippen molar-refractivity contribution in [3.63, 3.8) is 0 Å². The van der Waals surface area contributed by atoms with E-state index in [2.05, 4.69) is 0 Å². The Labute approximate surface area is 116 Å². The number of likely N-dealkylation sites (N-methyl/N-ethyl adjacent to an activating group) is 1. The number of carbonyl (C=O) groups is 1. The fraction of sp³-hybridized carbons (Fsp3) is 0.500. The molecule has 1 atom stereocenters. The van der Waals surface area contributed by atoms with Crippen molar-refractivity contribution < 1.29 is 18.0 Å². The van der Waals surface area contributed by atoms with Gasteiger partial charge in [0, 0.05) is 6.54 Å². The number of carbonyl (C=O) groups excluding carboxylic acids is 1. The summed E-state index contributed by atoms with van der Waals surface area (Å²) in [6.45, 7) is 2.76. The van der Waals surface area contributed by atoms with Crippen LogP contribution in [0.5, 0.6) is 0 Å². The largest absolute Gasteiger partial charge is 0.405 e. The Hall–Kier alpha value is -1.56. The first kappa shape index (κ1) is 16.5. The van der Waals surface area contributed by atoms with Crippen LogP contribution < -0.4 is 5.32 Å². The highest BCUT2D eigenvalue weighted by molar-refractivity contribution is 5.81. The maximum Gasteiger partial charge on any atom is 0.405 e. The second-order valence-electron chi connectivity index (χ2n) is 4.91. The lowest BCUT2D eigenvalue weighted by Gasteiger charge is -2.24. The molecule has 0 fully saturated rings. The predicted molar refractivity (Wildman–Crippen MR) is 71.2 cm³/mol. The Balaban J connectivity index is 2.51. The summed E-state index contributed by atoms with van der Waals surface area (Å²) in [5.74, 6) is -0.628. The van der Waals surface area contributed by atoms with Crippen LogP contribution in [-0.2, 0) is 11.3 Å². The molecular formula is C14H19F3N2O. The minimum absolute atomic E-state index is 0.501. The molecule has 0 aliphatic heterocycles. The van der Waals surface area contributed by atoms with E-state index in [1.54, 1.807) is 18.9 Å². The minimum atomic E-state index is -4.38. The topological polar surface area (TPSA) is 32.3 Å². The van der Waals surface area contributed by atoms with Gasteiger partial charge in [-0.15, -0.1) is 0 Å². The van der Waals surface area contributed by atoms with E-state index in [-0.39, 0.29) is 0 Å². The second-order valence-corrected chi connectivity index (χ2v) is 4.91. The Morgan fingerprint density at radius 2 is 1.85 bits per heavy atom. The van der Waals surface area contributed by atoms with E-state index in [1.807, 2.05) is 36.5 Å². The molecule has 0 saturated heterocycles. The standard InChI is InChI=1S/C14H19F3N2O/c1-10-4-6-12(7-5-10)8-19(3)11(2)13(20)18-9-14(15,16)17/h4-7,11H,8-9H2,1-3H3,(H,18,20). The molecule has 1 rings (SSSR count). The second kappa shape index (κ2) is 6.74. The van der Waals surface area contributed by atoms with E-state index in [0.29, 0.717) is 6.54 Å². The van der Waals surface area contributed by atoms with Gasteiger partial charge < -0.3 is 5.32 Å². The number of aryl methyl sites for hydroxylation is 1. The predicted octanol–water partition coefficient (Wildman–Crippen LogP) is 2.49. The van der Waals surface area contributed by atoms with Gasteiger partial charge in [-0.2, -0.15) is 13.2 Å². The number of halogens is 3. The molecule has 0 aliphatic carbocycles. The van der Waals surface area contributed by atoms with Crippen molar-refractivity contribution in [1.82, 2.24) is 10.2 Å². The maximum atomic E-state index is 12.0. The molecule has 1 unspecified atom stereocenters. The molecule has 0 bridgehead atoms. The van der Waals surface area contributed by atoms with Crippen LogP contribution in [0, 0.1) is 6.92 Å². The lowest BCUT2D eigenvalue weighted by molar-refractivity contribution is -0.141. The summed E-state index contributed by atoms with van der Waals surface area (Å²) >= 11 is 0. The van der Waals surface area contributed by atoms with Crippen LogP contribution in [-0.4, -0.2) is 36.6 Å². The Kier molecular flexibility index (Phi) is 5.56. The molecule has 0 aliphatic rings. The van der Waals surface area contributed by atoms with Gasteiger partial charge in [0.1, 0.15) is 6.54 Å². The lowest BCUT2D eigenvalue weighted by atomic mass is 10.1. The SMILES string of the molecule is Cc1ccc(CN(C)C(C)C(=O)NCC(F)(F)F)cc1. The number of amides is 1. The third-order valence-corrected chi connectivity index (χ3v) is 3.06. The van der Waals surface area contributed by atoms with Gasteiger partial charge in [-0.05, 0) is 26.5 Å². The highest BCUT2D eigenvalue weighted by Gasteiger charge is 2.29. The average molecular weight is 288 g/mol. The smallest absolute Gasteiger partial charge is 0.346 e. The monoisotopic (exact) mass is 288 g/mol. The van der Waals surface area contributed by atoms with Crippen molar-refractivity contribution in [2.24, 2.45) is 0 Å². The third kappa shape index (κ3) is 5.61. The van der Waals surface area contributed by atoms with E-state index in [9.17, 15) is 18.0 Å². The minimum Gasteiger partial charge on any atom is -0.346 e. The van der Waals surface area contributed by atoms with Gasteiger partial charge in [0.25, 0.3) is 0 Å². The van der Waals surface area contributed by atoms with Crippen molar-refractivity contribution in [3.8, 4) is 0 Å². The number of alkyl halides is 3. The van der Waals surface area contributed by atoms with Gasteiger partial charge >= 0.3 is 6.18 Å². The van der Waals surface area contributed by atoms with Crippen molar-refractivity contribution in [1.29, 1.82) is 0 Å². The van der Waals surface area contributed by atoms with E-state index in [4.69, 9.17) is 0 Å². The fourth-order valence-corrected chi connectivity index (χ4v) is 1.65. The molecule has 6 heteroatoms. The number of nitrogens with zero attached hydrogens (tertiary/aromatic N) is 1. The van der Waals surface area contributed by atoms with E-state index < -0.39 is 24.7 Å². The summed E-state index contributed by atoms with van der Waals surface area (Å²) in [6.07, 6.45) is -4.38. The quantitative estimate of drug-likeness (QED) is 0.903. The first-order chi connectivity index (χ1) is 9.19. The molecule has 1 aromatic carbocycles. The van der Waals surface area contributed by atoms with Gasteiger partial charge in [0.2, 0.25) is 5.91 Å². The molecule has 0 saturated carbocycles. The summed E-state index contributed by atoms with van der Waals surface area (Å²) in [4.78, 5) is 13.3. The van der Waals surface area contributed by atoms with Crippen LogP contribution in [0.15, 0.2) is 24.3 Å². The van der Waals surface area contributed by atoms with Gasteiger partial charge in [-0.25, -0.2) is 0 Å². The van der Waals surface area contributed by atoms with Gasteiger partial charge in [-0.3, -0.25) is 9.69 Å². The van der Waals surface area contributed by atoms with Crippen LogP contribution >= 0.6 is 0 Å². The van der Waals surface area contributed by atoms with E-state index in [0.717, 1.165) is 11.1 Å². The summed E-state index contributed by atoms with van der Waals surface area (Å²) in [5.41, 5.74) is 2.14. The van der Waals surface area contributed by atoms with Crippen molar-refractivity contribution >= 4 is 5.91 Å². The van der Waals surface area contributed by atoms with Crippen molar-refractivity contribution in [2.45, 2.75) is 32.6 Å². The molecule has 0 heterocycles. The summed E-state index contributed by atoms with van der Waals surface area (Å²) in [6, 6.07) is 7.16. The van der Waals surface area contributed by atoms with Gasteiger partial charge in [0.15, 0.2) is 0 Å². The van der Waals surface area contributed by atoms with Gasteiger partial charge in [0.05, 0.1) is 6.04 Å². The first-order valence-electron chi connectivity index (χ1n) is 6.29. The number of hydrogen-bond donors (Lipinski definition) is 1. The summed E-state index contributed by atoms with van der Waals surface area (Å²) < 4.78 is 36.1. The molecule has 1 N–H and O–H groups in total. The molecule has 0 aromatic heterocycles. The molecule has 1 aromatic rings. The van der Waals surface area contributed by atoms with Crippen LogP contribution in [0.4, 0.5) is 13.2 Å². The average Bonchev–Trinajstić information content (AvgIpc) is 2.36. The van der Waals surface area contributed by atoms with E-state index >= 15 is 0 Å². The lowest BCUT2D eigenvalue weighted by Crippen LogP contribution is -2.45. The van der Waals surface area contributed by atoms with Gasteiger partial charge in [-0.1, -0.05) is 29.8 Å². The first-order valence-corrected chi connectivity index (χ1v) is 6.29. The van der Waals surface area contributed by atoms with Crippen molar-refractivity contribution in [3.05, 3.63) is 35.4 Å². The van der Waals surface area contributed by atoms with E-state index in [1.165, 1.54) is 0 Å². The number of nitrogens with one attached hydrogen (secondary N) is 1. The molecule has 0 radical (unpaired) electrons. The Morgan fingerprint density at radius 1 is 1.30 bits per heavy atom. The molecule has 20 heavy (non-hydrogen) atoms. The highest BCUT2D eigenvalue weighted by atomic mass is 19.4. The highest BCUT2D eigenvalue weighted by Crippen LogP contribution is 2.13. The zero-order chi connectivity index (χ0) is 15.3. The number of hydrogen-bond acceptors (Lipinski definition) is 2. The van der Waals surface area contributed by atoms with Crippen molar-refractivity contribution in [2.75, 3.05) is 13.6 Å². The summed E-state index contributed by atoms with van der Waals surface area (Å²) in [5, 5.41) is 1.89. The number of benzene rings is 1. The Bertz CT molecular complexity index is 443.